The van der Waals surface area contributed by atoms with Crippen LogP contribution in [0, 0.1) is 17.8 Å². The molecule has 9 nitrogen and oxygen atoms in total. The second kappa shape index (κ2) is 10.2. The van der Waals surface area contributed by atoms with Crippen LogP contribution < -0.4 is 9.64 Å². The molecule has 4 atom stereocenters. The maximum atomic E-state index is 14.0. The molecule has 2 aromatic rings. The Kier molecular flexibility index (Phi) is 6.85. The van der Waals surface area contributed by atoms with Gasteiger partial charge in [-0.05, 0) is 93.4 Å². The molecule has 6 rings (SSSR count). The Balaban J connectivity index is 1.52. The number of carbonyl (C=O) groups is 5. The number of amides is 2. The zero-order valence-electron chi connectivity index (χ0n) is 22.3. The third-order valence-electron chi connectivity index (χ3n) is 8.62. The van der Waals surface area contributed by atoms with Gasteiger partial charge in [0.15, 0.2) is 23.1 Å². The van der Waals surface area contributed by atoms with E-state index >= 15 is 0 Å². The average Bonchev–Trinajstić information content (AvgIpc) is 3.23. The number of methoxy groups -OCH3 is 1. The molecule has 0 unspecified atom stereocenters. The Labute approximate surface area is 256 Å². The van der Waals surface area contributed by atoms with Gasteiger partial charge in [0, 0.05) is 27.1 Å². The van der Waals surface area contributed by atoms with Crippen LogP contribution in [0.25, 0.3) is 0 Å². The number of aromatic carboxylic acids is 1. The Hall–Kier alpha value is -3.83. The fourth-order valence-electron chi connectivity index (χ4n) is 6.73. The van der Waals surface area contributed by atoms with E-state index in [1.54, 1.807) is 13.0 Å². The minimum Gasteiger partial charge on any atom is -0.503 e. The van der Waals surface area contributed by atoms with Crippen LogP contribution in [0.4, 0.5) is 5.69 Å². The number of allylic oxidation sites excluding steroid dienone is 6. The third-order valence-corrected chi connectivity index (χ3v) is 10.8. The number of hydrogen-bond donors (Lipinski definition) is 2. The summed E-state index contributed by atoms with van der Waals surface area (Å²) in [6, 6.07) is 7.28. The molecule has 3 aliphatic carbocycles. The first-order valence-corrected chi connectivity index (χ1v) is 14.7. The molecule has 1 aliphatic heterocycles. The average molecular weight is 697 g/mol. The van der Waals surface area contributed by atoms with Gasteiger partial charge in [-0.15, -0.1) is 0 Å². The summed E-state index contributed by atoms with van der Waals surface area (Å²) in [6.07, 6.45) is 3.51. The van der Waals surface area contributed by atoms with E-state index in [1.165, 1.54) is 37.5 Å². The highest BCUT2D eigenvalue weighted by atomic mass is 79.9. The predicted molar refractivity (Wildman–Crippen MR) is 157 cm³/mol. The Morgan fingerprint density at radius 2 is 1.79 bits per heavy atom. The van der Waals surface area contributed by atoms with Crippen molar-refractivity contribution in [2.24, 2.45) is 17.8 Å². The van der Waals surface area contributed by atoms with E-state index in [0.29, 0.717) is 31.2 Å². The molecule has 0 saturated carbocycles. The summed E-state index contributed by atoms with van der Waals surface area (Å²) < 4.78 is 6.15. The van der Waals surface area contributed by atoms with E-state index in [2.05, 4.69) is 31.9 Å². The molecular weight excluding hydrogens is 674 g/mol. The van der Waals surface area contributed by atoms with E-state index in [9.17, 15) is 34.2 Å². The number of carbonyl (C=O) groups excluding carboxylic acids is 4. The van der Waals surface area contributed by atoms with E-state index in [-0.39, 0.29) is 47.2 Å². The molecule has 0 spiro atoms. The van der Waals surface area contributed by atoms with Crippen molar-refractivity contribution in [2.75, 3.05) is 12.0 Å². The lowest BCUT2D eigenvalue weighted by Crippen LogP contribution is -2.40. The van der Waals surface area contributed by atoms with Crippen molar-refractivity contribution >= 4 is 66.9 Å². The molecule has 2 amide bonds. The number of hydrogen-bond acceptors (Lipinski definition) is 7. The van der Waals surface area contributed by atoms with Crippen LogP contribution in [0.2, 0.25) is 0 Å². The van der Waals surface area contributed by atoms with Crippen LogP contribution in [0.5, 0.6) is 11.5 Å². The lowest BCUT2D eigenvalue weighted by Gasteiger charge is -2.42. The lowest BCUT2D eigenvalue weighted by molar-refractivity contribution is -0.123. The number of ether oxygens (including phenoxy) is 1. The molecular formula is C31H23Br2NO8. The molecule has 4 aliphatic rings. The largest absolute Gasteiger partial charge is 0.503 e. The van der Waals surface area contributed by atoms with Gasteiger partial charge >= 0.3 is 5.97 Å². The normalized spacial score (nSPS) is 25.1. The summed E-state index contributed by atoms with van der Waals surface area (Å²) in [5.74, 6) is -5.56. The number of anilines is 1. The number of carboxylic acids is 1. The van der Waals surface area contributed by atoms with Crippen LogP contribution in [0.3, 0.4) is 0 Å². The topological polar surface area (TPSA) is 138 Å². The minimum atomic E-state index is -1.18. The summed E-state index contributed by atoms with van der Waals surface area (Å²) in [7, 11) is 1.40. The van der Waals surface area contributed by atoms with Crippen LogP contribution in [-0.2, 0) is 19.2 Å². The number of rotatable bonds is 4. The van der Waals surface area contributed by atoms with E-state index in [0.717, 1.165) is 10.5 Å². The fraction of sp³-hybridized carbons (Fsp3) is 0.258. The number of phenols is 1. The van der Waals surface area contributed by atoms with E-state index in [4.69, 9.17) is 4.74 Å². The summed E-state index contributed by atoms with van der Waals surface area (Å²) in [5.41, 5.74) is 2.30. The van der Waals surface area contributed by atoms with Gasteiger partial charge in [0.05, 0.1) is 34.7 Å². The molecule has 1 saturated heterocycles. The monoisotopic (exact) mass is 695 g/mol. The molecule has 42 heavy (non-hydrogen) atoms. The number of carboxylic acid groups (broad SMARTS) is 1. The van der Waals surface area contributed by atoms with Gasteiger partial charge in [0.25, 0.3) is 0 Å². The zero-order valence-corrected chi connectivity index (χ0v) is 25.5. The summed E-state index contributed by atoms with van der Waals surface area (Å²) in [5, 5.41) is 20.1. The smallest absolute Gasteiger partial charge is 0.335 e. The molecule has 0 radical (unpaired) electrons. The number of Topliss-reactive ketones (excluding diaryl/α,β-unsaturated/α-hetero) is 1. The summed E-state index contributed by atoms with van der Waals surface area (Å²) in [6.45, 7) is 1.59. The van der Waals surface area contributed by atoms with Crippen molar-refractivity contribution < 1.29 is 38.9 Å². The highest BCUT2D eigenvalue weighted by Crippen LogP contribution is 2.57. The first kappa shape index (κ1) is 28.3. The van der Waals surface area contributed by atoms with Crippen molar-refractivity contribution in [1.29, 1.82) is 0 Å². The molecule has 1 fully saturated rings. The van der Waals surface area contributed by atoms with E-state index < -0.39 is 41.5 Å². The number of halogens is 2. The van der Waals surface area contributed by atoms with Crippen LogP contribution in [0.1, 0.15) is 41.6 Å². The lowest BCUT2D eigenvalue weighted by atomic mass is 9.59. The van der Waals surface area contributed by atoms with Gasteiger partial charge in [-0.2, -0.15) is 0 Å². The van der Waals surface area contributed by atoms with Crippen LogP contribution in [0.15, 0.2) is 73.7 Å². The van der Waals surface area contributed by atoms with Crippen LogP contribution in [-0.4, -0.2) is 46.7 Å². The second-order valence-corrected chi connectivity index (χ2v) is 12.3. The van der Waals surface area contributed by atoms with Gasteiger partial charge in [-0.25, -0.2) is 4.79 Å². The van der Waals surface area contributed by atoms with Gasteiger partial charge in [0.2, 0.25) is 11.8 Å². The van der Waals surface area contributed by atoms with Crippen molar-refractivity contribution in [3.8, 4) is 11.5 Å². The minimum absolute atomic E-state index is 0.0560. The summed E-state index contributed by atoms with van der Waals surface area (Å²) in [4.78, 5) is 67.3. The molecule has 214 valence electrons. The maximum absolute atomic E-state index is 14.0. The number of fused-ring (bicyclic) bond motifs is 3. The first-order chi connectivity index (χ1) is 20.0. The highest BCUT2D eigenvalue weighted by Gasteiger charge is 2.57. The highest BCUT2D eigenvalue weighted by molar-refractivity contribution is 9.13. The standard InChI is InChI=1S/C31H23Br2NO8/c1-12-8-20(35)18-10-17-15(22(24(18)27(12)36)19-11-21(42-2)28(37)26(33)25(19)32)6-7-16-23(17)30(39)34(29(16)38)14-5-3-4-13(9-14)31(40)41/h3-6,8-9,11,16-17,22-23,37H,7,10H2,1-2H3,(H,40,41)/t16-,17+,22+,23-/m0/s1. The molecule has 2 aromatic carbocycles. The molecule has 1 heterocycles. The number of nitrogens with zero attached hydrogens (tertiary/aromatic N) is 1. The molecule has 0 aromatic heterocycles. The number of phenolic OH excluding ortho intramolecular Hbond substituents is 1. The van der Waals surface area contributed by atoms with E-state index in [1.807, 2.05) is 6.08 Å². The molecule has 11 heteroatoms. The Morgan fingerprint density at radius 1 is 1.05 bits per heavy atom. The Bertz CT molecular complexity index is 1750. The summed E-state index contributed by atoms with van der Waals surface area (Å²) >= 11 is 6.94. The van der Waals surface area contributed by atoms with Crippen molar-refractivity contribution in [2.45, 2.75) is 25.7 Å². The van der Waals surface area contributed by atoms with Crippen molar-refractivity contribution in [1.82, 2.24) is 0 Å². The maximum Gasteiger partial charge on any atom is 0.335 e. The van der Waals surface area contributed by atoms with Gasteiger partial charge in [-0.3, -0.25) is 24.1 Å². The fourth-order valence-corrected chi connectivity index (χ4v) is 7.68. The third kappa shape index (κ3) is 4.04. The SMILES string of the molecule is COc1cc([C@H]2C3=CC[C@@H]4C(=O)N(c5cccc(C(=O)O)c5)C(=O)[C@@H]4[C@@H]3CC3=C2C(=O)C(C)=CC3=O)c(Br)c(Br)c1O. The number of ketones is 2. The molecule has 2 N–H and O–H groups in total. The number of benzene rings is 2. The Morgan fingerprint density at radius 3 is 2.48 bits per heavy atom. The molecule has 0 bridgehead atoms. The van der Waals surface area contributed by atoms with Gasteiger partial charge in [-0.1, -0.05) is 17.7 Å². The quantitative estimate of drug-likeness (QED) is 0.251. The predicted octanol–water partition coefficient (Wildman–Crippen LogP) is 5.26. The van der Waals surface area contributed by atoms with Gasteiger partial charge < -0.3 is 14.9 Å². The van der Waals surface area contributed by atoms with Crippen molar-refractivity contribution in [3.05, 3.63) is 84.8 Å². The van der Waals surface area contributed by atoms with Crippen molar-refractivity contribution in [3.63, 3.8) is 0 Å². The van der Waals surface area contributed by atoms with Gasteiger partial charge in [0.1, 0.15) is 0 Å². The zero-order chi connectivity index (χ0) is 30.2. The first-order valence-electron chi connectivity index (χ1n) is 13.1. The number of imide groups is 1. The number of aromatic hydroxyl groups is 1. The van der Waals surface area contributed by atoms with Crippen LogP contribution >= 0.6 is 31.9 Å². The second-order valence-electron chi connectivity index (χ2n) is 10.7.